The second kappa shape index (κ2) is 10.8. The van der Waals surface area contributed by atoms with Gasteiger partial charge in [0, 0.05) is 5.97 Å². The van der Waals surface area contributed by atoms with Gasteiger partial charge >= 0.3 is 29.6 Å². The summed E-state index contributed by atoms with van der Waals surface area (Å²) in [6.45, 7) is 0.466. The summed E-state index contributed by atoms with van der Waals surface area (Å²) in [5.74, 6) is -0.339. The molecule has 0 amide bonds. The van der Waals surface area contributed by atoms with Gasteiger partial charge in [-0.15, -0.1) is 0 Å². The summed E-state index contributed by atoms with van der Waals surface area (Å²) in [5.41, 5.74) is 2.49. The van der Waals surface area contributed by atoms with E-state index in [4.69, 9.17) is 9.94 Å². The molecule has 0 aromatic heterocycles. The smallest absolute Gasteiger partial charge is 0.550 e. The van der Waals surface area contributed by atoms with Crippen LogP contribution in [0.4, 0.5) is 5.69 Å². The second-order valence-electron chi connectivity index (χ2n) is 3.56. The van der Waals surface area contributed by atoms with E-state index in [0.29, 0.717) is 30.9 Å². The van der Waals surface area contributed by atoms with Crippen LogP contribution in [0.2, 0.25) is 0 Å². The van der Waals surface area contributed by atoms with E-state index >= 15 is 0 Å². The number of benzene rings is 1. The number of aliphatic imine (C=N–C) groups is 1. The van der Waals surface area contributed by atoms with Gasteiger partial charge in [-0.2, -0.15) is 0 Å². The third-order valence-corrected chi connectivity index (χ3v) is 2.15. The summed E-state index contributed by atoms with van der Waals surface area (Å²) in [4.78, 5) is 14.0. The quantitative estimate of drug-likeness (QED) is 0.182. The predicted molar refractivity (Wildman–Crippen MR) is 63.9 cm³/mol. The second-order valence-corrected chi connectivity index (χ2v) is 3.56. The number of carboxylic acid groups (broad SMARTS) is 1. The van der Waals surface area contributed by atoms with Crippen LogP contribution in [0.15, 0.2) is 29.3 Å². The van der Waals surface area contributed by atoms with Gasteiger partial charge in [-0.1, -0.05) is 0 Å². The first-order chi connectivity index (χ1) is 8.72. The summed E-state index contributed by atoms with van der Waals surface area (Å²) < 4.78 is 5.42. The number of nitrogens with one attached hydrogen (secondary N) is 1. The number of nitrogens with zero attached hydrogens (tertiary/aromatic N) is 1. The Hall–Kier alpha value is -1.08. The Kier molecular flexibility index (Phi) is 10.2. The van der Waals surface area contributed by atoms with Gasteiger partial charge in [-0.3, -0.25) is 10.7 Å². The molecule has 0 aliphatic heterocycles. The van der Waals surface area contributed by atoms with Gasteiger partial charge in [0.25, 0.3) is 0 Å². The van der Waals surface area contributed by atoms with Crippen LogP contribution in [-0.4, -0.2) is 24.1 Å². The van der Waals surface area contributed by atoms with Crippen LogP contribution in [0.3, 0.4) is 0 Å². The molecule has 98 valence electrons. The van der Waals surface area contributed by atoms with Gasteiger partial charge in [0.2, 0.25) is 0 Å². The molecule has 0 saturated heterocycles. The number of aliphatic carboxylic acids is 1. The molecule has 6 nitrogen and oxygen atoms in total. The largest absolute Gasteiger partial charge is 1.00 e. The third-order valence-electron chi connectivity index (χ3n) is 2.15. The van der Waals surface area contributed by atoms with Crippen molar-refractivity contribution < 1.29 is 49.4 Å². The van der Waals surface area contributed by atoms with Gasteiger partial charge < -0.3 is 14.6 Å². The van der Waals surface area contributed by atoms with Crippen molar-refractivity contribution in [3.05, 3.63) is 24.3 Å². The number of carbonyl (C=O) groups excluding carboxylic acids is 1. The van der Waals surface area contributed by atoms with Crippen LogP contribution in [0.25, 0.3) is 0 Å². The SMILES string of the molecule is O=C([O-])CCCCOc1ccc(N=CNO)cc1.[Na+]. The number of carbonyl (C=O) groups is 1. The third kappa shape index (κ3) is 8.61. The van der Waals surface area contributed by atoms with Crippen molar-refractivity contribution in [3.8, 4) is 5.75 Å². The van der Waals surface area contributed by atoms with E-state index in [9.17, 15) is 9.90 Å². The molecule has 1 aromatic rings. The molecule has 2 N–H and O–H groups in total. The van der Waals surface area contributed by atoms with Gasteiger partial charge in [-0.25, -0.2) is 4.99 Å². The molecule has 7 heteroatoms. The van der Waals surface area contributed by atoms with E-state index in [1.807, 2.05) is 5.48 Å². The summed E-state index contributed by atoms with van der Waals surface area (Å²) in [6.07, 6.45) is 2.44. The monoisotopic (exact) mass is 274 g/mol. The number of hydroxylamine groups is 1. The molecular weight excluding hydrogens is 259 g/mol. The number of unbranched alkanes of at least 4 members (excludes halogenated alkanes) is 1. The van der Waals surface area contributed by atoms with E-state index in [-0.39, 0.29) is 36.0 Å². The van der Waals surface area contributed by atoms with Gasteiger partial charge in [-0.05, 0) is 43.5 Å². The Labute approximate surface area is 133 Å². The number of hydrogen-bond acceptors (Lipinski definition) is 5. The summed E-state index contributed by atoms with van der Waals surface area (Å²) in [7, 11) is 0. The zero-order chi connectivity index (χ0) is 13.2. The molecule has 1 rings (SSSR count). The van der Waals surface area contributed by atoms with Crippen LogP contribution in [0.5, 0.6) is 5.75 Å². The summed E-state index contributed by atoms with van der Waals surface area (Å²) >= 11 is 0. The molecule has 19 heavy (non-hydrogen) atoms. The number of hydrogen-bond donors (Lipinski definition) is 2. The molecule has 0 bridgehead atoms. The van der Waals surface area contributed by atoms with E-state index in [1.165, 1.54) is 0 Å². The first kappa shape index (κ1) is 17.9. The Morgan fingerprint density at radius 3 is 2.63 bits per heavy atom. The molecule has 0 atom stereocenters. The fourth-order valence-corrected chi connectivity index (χ4v) is 1.29. The van der Waals surface area contributed by atoms with Gasteiger partial charge in [0.15, 0.2) is 0 Å². The normalized spacial score (nSPS) is 9.95. The summed E-state index contributed by atoms with van der Waals surface area (Å²) in [6, 6.07) is 6.99. The van der Waals surface area contributed by atoms with Crippen LogP contribution in [0, 0.1) is 0 Å². The minimum atomic E-state index is -1.03. The molecule has 0 fully saturated rings. The van der Waals surface area contributed by atoms with Crippen molar-refractivity contribution in [2.24, 2.45) is 4.99 Å². The molecule has 0 aliphatic rings. The van der Waals surface area contributed by atoms with Crippen molar-refractivity contribution in [1.29, 1.82) is 0 Å². The van der Waals surface area contributed by atoms with Crippen LogP contribution in [0.1, 0.15) is 19.3 Å². The summed E-state index contributed by atoms with van der Waals surface area (Å²) in [5, 5.41) is 18.5. The fraction of sp³-hybridized carbons (Fsp3) is 0.333. The van der Waals surface area contributed by atoms with E-state index in [1.54, 1.807) is 24.3 Å². The molecular formula is C12H15N2NaO4. The van der Waals surface area contributed by atoms with Crippen LogP contribution < -0.4 is 44.9 Å². The van der Waals surface area contributed by atoms with E-state index in [2.05, 4.69) is 4.99 Å². The van der Waals surface area contributed by atoms with Crippen molar-refractivity contribution >= 4 is 18.0 Å². The Balaban J connectivity index is 0.00000324. The molecule has 0 unspecified atom stereocenters. The number of carboxylic acids is 1. The van der Waals surface area contributed by atoms with E-state index in [0.717, 1.165) is 6.34 Å². The molecule has 1 aromatic carbocycles. The van der Waals surface area contributed by atoms with Gasteiger partial charge in [0.05, 0.1) is 12.3 Å². The first-order valence-electron chi connectivity index (χ1n) is 5.57. The number of ether oxygens (including phenoxy) is 1. The fourth-order valence-electron chi connectivity index (χ4n) is 1.29. The number of rotatable bonds is 8. The van der Waals surface area contributed by atoms with Gasteiger partial charge in [0.1, 0.15) is 12.1 Å². The zero-order valence-corrected chi connectivity index (χ0v) is 12.8. The average Bonchev–Trinajstić information content (AvgIpc) is 2.37. The maximum absolute atomic E-state index is 10.2. The zero-order valence-electron chi connectivity index (χ0n) is 10.8. The standard InChI is InChI=1S/C12H16N2O4.Na/c15-12(16)3-1-2-8-18-11-6-4-10(5-7-11)13-9-14-17;/h4-7,9,17H,1-3,8H2,(H,13,14)(H,15,16);/q;+1/p-1. The molecule has 0 heterocycles. The van der Waals surface area contributed by atoms with Crippen molar-refractivity contribution in [2.75, 3.05) is 6.61 Å². The topological polar surface area (TPSA) is 94.0 Å². The van der Waals surface area contributed by atoms with Crippen LogP contribution in [-0.2, 0) is 4.79 Å². The van der Waals surface area contributed by atoms with Crippen molar-refractivity contribution in [1.82, 2.24) is 5.48 Å². The maximum Gasteiger partial charge on any atom is 1.00 e. The Bertz CT molecular complexity index is 395. The maximum atomic E-state index is 10.2. The Morgan fingerprint density at radius 1 is 1.37 bits per heavy atom. The first-order valence-corrected chi connectivity index (χ1v) is 5.57. The minimum absolute atomic E-state index is 0. The molecule has 0 radical (unpaired) electrons. The Morgan fingerprint density at radius 2 is 2.05 bits per heavy atom. The predicted octanol–water partition coefficient (Wildman–Crippen LogP) is -2.37. The van der Waals surface area contributed by atoms with E-state index < -0.39 is 5.97 Å². The average molecular weight is 274 g/mol. The molecule has 0 spiro atoms. The van der Waals surface area contributed by atoms with Crippen molar-refractivity contribution in [2.45, 2.75) is 19.3 Å². The van der Waals surface area contributed by atoms with Crippen LogP contribution >= 0.6 is 0 Å². The molecule has 0 aliphatic carbocycles. The minimum Gasteiger partial charge on any atom is -0.550 e. The molecule has 0 saturated carbocycles. The van der Waals surface area contributed by atoms with Crippen molar-refractivity contribution in [3.63, 3.8) is 0 Å².